The number of aryl methyl sites for hydroxylation is 1. The molecule has 0 heterocycles. The van der Waals surface area contributed by atoms with Gasteiger partial charge in [0.25, 0.3) is 15.0 Å². The minimum atomic E-state index is -3.78. The van der Waals surface area contributed by atoms with Gasteiger partial charge in [-0.15, -0.1) is 0 Å². The fourth-order valence-corrected chi connectivity index (χ4v) is 2.47. The van der Waals surface area contributed by atoms with Gasteiger partial charge in [0.1, 0.15) is 0 Å². The Morgan fingerprint density at radius 2 is 2.11 bits per heavy atom. The highest BCUT2D eigenvalue weighted by Gasteiger charge is 2.16. The van der Waals surface area contributed by atoms with Crippen LogP contribution in [0.25, 0.3) is 0 Å². The number of hydrogen-bond acceptors (Lipinski definition) is 4. The SMILES string of the molecule is COCC(C)NC(=O)c1ccc(S(=O)(=O)Cl)cc1C. The van der Waals surface area contributed by atoms with Crippen molar-refractivity contribution in [2.24, 2.45) is 0 Å². The molecule has 1 amide bonds. The van der Waals surface area contributed by atoms with Crippen LogP contribution in [-0.4, -0.2) is 34.1 Å². The summed E-state index contributed by atoms with van der Waals surface area (Å²) in [6.45, 7) is 3.87. The fraction of sp³-hybridized carbons (Fsp3) is 0.417. The van der Waals surface area contributed by atoms with E-state index in [1.807, 2.05) is 6.92 Å². The summed E-state index contributed by atoms with van der Waals surface area (Å²) >= 11 is 0. The van der Waals surface area contributed by atoms with Gasteiger partial charge in [0, 0.05) is 29.4 Å². The lowest BCUT2D eigenvalue weighted by Gasteiger charge is -2.14. The Morgan fingerprint density at radius 1 is 1.47 bits per heavy atom. The van der Waals surface area contributed by atoms with Crippen molar-refractivity contribution in [3.63, 3.8) is 0 Å². The minimum absolute atomic E-state index is 0.0202. The van der Waals surface area contributed by atoms with Crippen molar-refractivity contribution in [3.8, 4) is 0 Å². The van der Waals surface area contributed by atoms with E-state index in [-0.39, 0.29) is 16.8 Å². The van der Waals surface area contributed by atoms with Crippen LogP contribution in [0.5, 0.6) is 0 Å². The number of halogens is 1. The van der Waals surface area contributed by atoms with Crippen LogP contribution in [0.15, 0.2) is 23.1 Å². The first kappa shape index (κ1) is 15.9. The molecule has 19 heavy (non-hydrogen) atoms. The molecule has 0 fully saturated rings. The summed E-state index contributed by atoms with van der Waals surface area (Å²) in [6.07, 6.45) is 0. The number of carbonyl (C=O) groups is 1. The zero-order valence-electron chi connectivity index (χ0n) is 10.9. The van der Waals surface area contributed by atoms with Crippen molar-refractivity contribution in [3.05, 3.63) is 29.3 Å². The summed E-state index contributed by atoms with van der Waals surface area (Å²) in [7, 11) is 3.01. The van der Waals surface area contributed by atoms with Gasteiger partial charge in [-0.05, 0) is 37.6 Å². The zero-order valence-corrected chi connectivity index (χ0v) is 12.5. The Morgan fingerprint density at radius 3 is 2.58 bits per heavy atom. The maximum Gasteiger partial charge on any atom is 0.261 e. The lowest BCUT2D eigenvalue weighted by molar-refractivity contribution is 0.0905. The molecule has 1 aromatic carbocycles. The average Bonchev–Trinajstić information content (AvgIpc) is 2.27. The van der Waals surface area contributed by atoms with Crippen LogP contribution < -0.4 is 5.32 Å². The van der Waals surface area contributed by atoms with Crippen LogP contribution in [-0.2, 0) is 13.8 Å². The van der Waals surface area contributed by atoms with Gasteiger partial charge in [-0.25, -0.2) is 8.42 Å². The van der Waals surface area contributed by atoms with Gasteiger partial charge in [-0.3, -0.25) is 4.79 Å². The molecule has 1 atom stereocenters. The lowest BCUT2D eigenvalue weighted by atomic mass is 10.1. The first-order valence-electron chi connectivity index (χ1n) is 5.61. The van der Waals surface area contributed by atoms with Crippen molar-refractivity contribution in [2.45, 2.75) is 24.8 Å². The van der Waals surface area contributed by atoms with E-state index >= 15 is 0 Å². The largest absolute Gasteiger partial charge is 0.383 e. The summed E-state index contributed by atoms with van der Waals surface area (Å²) in [6, 6.07) is 4.00. The van der Waals surface area contributed by atoms with E-state index in [1.165, 1.54) is 18.2 Å². The second-order valence-corrected chi connectivity index (χ2v) is 6.81. The minimum Gasteiger partial charge on any atom is -0.383 e. The molecule has 0 bridgehead atoms. The summed E-state index contributed by atoms with van der Waals surface area (Å²) in [5, 5.41) is 2.75. The molecule has 0 aromatic heterocycles. The molecule has 0 spiro atoms. The van der Waals surface area contributed by atoms with E-state index in [2.05, 4.69) is 5.32 Å². The van der Waals surface area contributed by atoms with E-state index in [4.69, 9.17) is 15.4 Å². The molecule has 5 nitrogen and oxygen atoms in total. The van der Waals surface area contributed by atoms with Gasteiger partial charge < -0.3 is 10.1 Å². The van der Waals surface area contributed by atoms with Gasteiger partial charge >= 0.3 is 0 Å². The number of carbonyl (C=O) groups excluding carboxylic acids is 1. The Balaban J connectivity index is 2.94. The monoisotopic (exact) mass is 305 g/mol. The van der Waals surface area contributed by atoms with Crippen molar-refractivity contribution in [1.82, 2.24) is 5.32 Å². The Bertz CT molecular complexity index is 571. The molecular weight excluding hydrogens is 290 g/mol. The molecule has 0 aliphatic rings. The van der Waals surface area contributed by atoms with Crippen LogP contribution >= 0.6 is 10.7 Å². The molecular formula is C12H16ClNO4S. The second-order valence-electron chi connectivity index (χ2n) is 4.24. The van der Waals surface area contributed by atoms with E-state index in [1.54, 1.807) is 14.0 Å². The lowest BCUT2D eigenvalue weighted by Crippen LogP contribution is -2.35. The molecule has 7 heteroatoms. The van der Waals surface area contributed by atoms with Crippen molar-refractivity contribution >= 4 is 25.6 Å². The first-order chi connectivity index (χ1) is 8.75. The van der Waals surface area contributed by atoms with E-state index in [0.29, 0.717) is 17.7 Å². The maximum atomic E-state index is 12.0. The highest BCUT2D eigenvalue weighted by Crippen LogP contribution is 2.19. The number of ether oxygens (including phenoxy) is 1. The molecule has 0 saturated heterocycles. The predicted octanol–water partition coefficient (Wildman–Crippen LogP) is 1.69. The van der Waals surface area contributed by atoms with E-state index in [9.17, 15) is 13.2 Å². The van der Waals surface area contributed by atoms with Crippen molar-refractivity contribution < 1.29 is 17.9 Å². The fourth-order valence-electron chi connectivity index (χ4n) is 1.64. The molecule has 1 aromatic rings. The van der Waals surface area contributed by atoms with Crippen molar-refractivity contribution in [1.29, 1.82) is 0 Å². The Hall–Kier alpha value is -1.11. The number of rotatable bonds is 5. The third-order valence-corrected chi connectivity index (χ3v) is 3.87. The third-order valence-electron chi connectivity index (χ3n) is 2.52. The number of methoxy groups -OCH3 is 1. The topological polar surface area (TPSA) is 72.5 Å². The number of hydrogen-bond donors (Lipinski definition) is 1. The molecule has 106 valence electrons. The van der Waals surface area contributed by atoms with Crippen LogP contribution in [0.2, 0.25) is 0 Å². The summed E-state index contributed by atoms with van der Waals surface area (Å²) in [5.74, 6) is -0.277. The van der Waals surface area contributed by atoms with E-state index in [0.717, 1.165) is 0 Å². The smallest absolute Gasteiger partial charge is 0.261 e. The average molecular weight is 306 g/mol. The number of benzene rings is 1. The molecule has 0 radical (unpaired) electrons. The van der Waals surface area contributed by atoms with Gasteiger partial charge in [0.2, 0.25) is 0 Å². The molecule has 0 aliphatic carbocycles. The molecule has 1 N–H and O–H groups in total. The van der Waals surface area contributed by atoms with Crippen molar-refractivity contribution in [2.75, 3.05) is 13.7 Å². The number of amides is 1. The van der Waals surface area contributed by atoms with Gasteiger partial charge in [0.05, 0.1) is 11.5 Å². The number of nitrogens with one attached hydrogen (secondary N) is 1. The van der Waals surface area contributed by atoms with Crippen LogP contribution in [0.1, 0.15) is 22.8 Å². The van der Waals surface area contributed by atoms with Crippen LogP contribution in [0, 0.1) is 6.92 Å². The van der Waals surface area contributed by atoms with Gasteiger partial charge in [0.15, 0.2) is 0 Å². The zero-order chi connectivity index (χ0) is 14.6. The summed E-state index contributed by atoms with van der Waals surface area (Å²) in [4.78, 5) is 11.9. The first-order valence-corrected chi connectivity index (χ1v) is 7.91. The highest BCUT2D eigenvalue weighted by atomic mass is 35.7. The summed E-state index contributed by atoms with van der Waals surface area (Å²) in [5.41, 5.74) is 0.955. The Labute approximate surface area is 117 Å². The van der Waals surface area contributed by atoms with Gasteiger partial charge in [-0.2, -0.15) is 0 Å². The molecule has 1 unspecified atom stereocenters. The van der Waals surface area contributed by atoms with E-state index < -0.39 is 9.05 Å². The van der Waals surface area contributed by atoms with Crippen LogP contribution in [0.4, 0.5) is 0 Å². The second kappa shape index (κ2) is 6.36. The molecule has 1 rings (SSSR count). The Kier molecular flexibility index (Phi) is 5.34. The quantitative estimate of drug-likeness (QED) is 0.840. The van der Waals surface area contributed by atoms with Crippen LogP contribution in [0.3, 0.4) is 0 Å². The van der Waals surface area contributed by atoms with Gasteiger partial charge in [-0.1, -0.05) is 0 Å². The third kappa shape index (κ3) is 4.49. The standard InChI is InChI=1S/C12H16ClNO4S/c1-8-6-10(19(13,16)17)4-5-11(8)12(15)14-9(2)7-18-3/h4-6,9H,7H2,1-3H3,(H,14,15). The normalized spacial score (nSPS) is 13.1. The highest BCUT2D eigenvalue weighted by molar-refractivity contribution is 8.13. The predicted molar refractivity (Wildman–Crippen MR) is 73.0 cm³/mol. The molecule has 0 aliphatic heterocycles. The molecule has 0 saturated carbocycles. The summed E-state index contributed by atoms with van der Waals surface area (Å²) < 4.78 is 27.3. The maximum absolute atomic E-state index is 12.0.